The van der Waals surface area contributed by atoms with Crippen LogP contribution in [0.4, 0.5) is 5.69 Å². The zero-order chi connectivity index (χ0) is 21.0. The van der Waals surface area contributed by atoms with Gasteiger partial charge in [-0.2, -0.15) is 0 Å². The van der Waals surface area contributed by atoms with Gasteiger partial charge in [-0.15, -0.1) is 0 Å². The zero-order valence-corrected chi connectivity index (χ0v) is 16.3. The largest absolute Gasteiger partial charge is 0.493 e. The summed E-state index contributed by atoms with van der Waals surface area (Å²) in [4.78, 5) is 27.2. The Hall–Kier alpha value is -3.68. The normalized spacial score (nSPS) is 14.5. The number of benzene rings is 2. The monoisotopic (exact) mass is 396 g/mol. The lowest BCUT2D eigenvalue weighted by Crippen LogP contribution is -2.06. The molecule has 2 aromatic carbocycles. The molecule has 1 aliphatic heterocycles. The summed E-state index contributed by atoms with van der Waals surface area (Å²) in [7, 11) is 1.54. The van der Waals surface area contributed by atoms with Crippen molar-refractivity contribution in [2.75, 3.05) is 13.7 Å². The molecular weight excluding hydrogens is 376 g/mol. The summed E-state index contributed by atoms with van der Waals surface area (Å²) in [5.74, 6) is 0.417. The fourth-order valence-corrected chi connectivity index (χ4v) is 2.78. The molecule has 8 nitrogen and oxygen atoms in total. The molecule has 0 amide bonds. The molecule has 29 heavy (non-hydrogen) atoms. The lowest BCUT2D eigenvalue weighted by Gasteiger charge is -2.12. The number of esters is 1. The molecule has 0 bridgehead atoms. The quantitative estimate of drug-likeness (QED) is 0.303. The number of ether oxygens (including phenoxy) is 3. The average molecular weight is 396 g/mol. The number of carbonyl (C=O) groups excluding carboxylic acids is 1. The fraction of sp³-hybridized carbons (Fsp3) is 0.238. The van der Waals surface area contributed by atoms with E-state index in [-0.39, 0.29) is 17.3 Å². The molecule has 0 atom stereocenters. The van der Waals surface area contributed by atoms with Crippen molar-refractivity contribution < 1.29 is 23.9 Å². The summed E-state index contributed by atoms with van der Waals surface area (Å²) in [6.45, 7) is 4.11. The first-order valence-electron chi connectivity index (χ1n) is 9.02. The molecule has 0 N–H and O–H groups in total. The highest BCUT2D eigenvalue weighted by Crippen LogP contribution is 2.34. The number of aryl methyl sites for hydroxylation is 1. The molecule has 0 spiro atoms. The molecule has 0 radical (unpaired) electrons. The van der Waals surface area contributed by atoms with Crippen LogP contribution in [0.1, 0.15) is 30.0 Å². The third-order valence-corrected chi connectivity index (χ3v) is 4.25. The summed E-state index contributed by atoms with van der Waals surface area (Å²) < 4.78 is 16.3. The first-order valence-corrected chi connectivity index (χ1v) is 9.02. The fourth-order valence-electron chi connectivity index (χ4n) is 2.78. The molecule has 0 saturated heterocycles. The number of rotatable bonds is 7. The van der Waals surface area contributed by atoms with Crippen LogP contribution >= 0.6 is 0 Å². The smallest absolute Gasteiger partial charge is 0.363 e. The number of methoxy groups -OCH3 is 1. The van der Waals surface area contributed by atoms with Crippen molar-refractivity contribution in [2.24, 2.45) is 4.99 Å². The van der Waals surface area contributed by atoms with Crippen LogP contribution in [0, 0.1) is 17.0 Å². The number of para-hydroxylation sites is 1. The summed E-state index contributed by atoms with van der Waals surface area (Å²) in [5.41, 5.74) is 1.48. The van der Waals surface area contributed by atoms with E-state index in [0.717, 1.165) is 6.42 Å². The van der Waals surface area contributed by atoms with Crippen LogP contribution in [0.15, 0.2) is 47.1 Å². The minimum absolute atomic E-state index is 0.0169. The van der Waals surface area contributed by atoms with Crippen molar-refractivity contribution in [3.63, 3.8) is 0 Å². The molecule has 1 heterocycles. The molecule has 0 aromatic heterocycles. The maximum atomic E-state index is 12.3. The molecule has 0 saturated carbocycles. The Labute approximate surface area is 167 Å². The maximum Gasteiger partial charge on any atom is 0.363 e. The van der Waals surface area contributed by atoms with Gasteiger partial charge in [-0.05, 0) is 31.6 Å². The van der Waals surface area contributed by atoms with Crippen molar-refractivity contribution in [1.82, 2.24) is 0 Å². The number of nitro benzene ring substituents is 1. The van der Waals surface area contributed by atoms with E-state index >= 15 is 0 Å². The van der Waals surface area contributed by atoms with Gasteiger partial charge in [0.15, 0.2) is 17.2 Å². The highest BCUT2D eigenvalue weighted by Gasteiger charge is 2.26. The van der Waals surface area contributed by atoms with E-state index < -0.39 is 10.9 Å². The summed E-state index contributed by atoms with van der Waals surface area (Å²) in [6, 6.07) is 9.87. The molecule has 0 fully saturated rings. The van der Waals surface area contributed by atoms with Crippen molar-refractivity contribution >= 4 is 23.6 Å². The van der Waals surface area contributed by atoms with E-state index in [0.29, 0.717) is 34.8 Å². The van der Waals surface area contributed by atoms with Crippen molar-refractivity contribution in [1.29, 1.82) is 0 Å². The number of nitro groups is 1. The molecule has 2 aromatic rings. The standard InChI is InChI=1S/C21H20N2O6/c1-4-10-28-19-14(6-5-7-18(19)27-3)11-16-21(24)29-20(22-16)15-9-8-13(2)17(12-15)23(25)26/h5-9,11-12H,4,10H2,1-3H3/b16-11-. The number of hydrogen-bond donors (Lipinski definition) is 0. The first-order chi connectivity index (χ1) is 13.9. The first kappa shape index (κ1) is 20.1. The topological polar surface area (TPSA) is 100 Å². The van der Waals surface area contributed by atoms with Crippen LogP contribution in [0.25, 0.3) is 6.08 Å². The summed E-state index contributed by atoms with van der Waals surface area (Å²) in [5, 5.41) is 11.2. The number of hydrogen-bond acceptors (Lipinski definition) is 7. The van der Waals surface area contributed by atoms with Crippen molar-refractivity contribution in [2.45, 2.75) is 20.3 Å². The SMILES string of the molecule is CCCOc1c(/C=C2\N=C(c3ccc(C)c([N+](=O)[O-])c3)OC2=O)cccc1OC. The van der Waals surface area contributed by atoms with Crippen molar-refractivity contribution in [3.8, 4) is 11.5 Å². The van der Waals surface area contributed by atoms with Gasteiger partial charge >= 0.3 is 5.97 Å². The van der Waals surface area contributed by atoms with Gasteiger partial charge in [0.1, 0.15) is 0 Å². The Kier molecular flexibility index (Phi) is 5.92. The molecule has 0 unspecified atom stereocenters. The zero-order valence-electron chi connectivity index (χ0n) is 16.3. The van der Waals surface area contributed by atoms with Crippen LogP contribution in [0.5, 0.6) is 11.5 Å². The van der Waals surface area contributed by atoms with Gasteiger partial charge in [0.25, 0.3) is 5.69 Å². The van der Waals surface area contributed by atoms with Gasteiger partial charge in [0.05, 0.1) is 18.6 Å². The Bertz CT molecular complexity index is 1030. The molecule has 1 aliphatic rings. The van der Waals surface area contributed by atoms with Crippen molar-refractivity contribution in [3.05, 3.63) is 68.9 Å². The highest BCUT2D eigenvalue weighted by molar-refractivity contribution is 6.13. The molecule has 0 aliphatic carbocycles. The van der Waals surface area contributed by atoms with Crippen LogP contribution in [-0.4, -0.2) is 30.5 Å². The van der Waals surface area contributed by atoms with Gasteiger partial charge < -0.3 is 14.2 Å². The molecule has 8 heteroatoms. The maximum absolute atomic E-state index is 12.3. The predicted octanol–water partition coefficient (Wildman–Crippen LogP) is 4.05. The second-order valence-corrected chi connectivity index (χ2v) is 6.32. The predicted molar refractivity (Wildman–Crippen MR) is 107 cm³/mol. The average Bonchev–Trinajstić information content (AvgIpc) is 3.07. The van der Waals surface area contributed by atoms with E-state index in [2.05, 4.69) is 4.99 Å². The molecule has 3 rings (SSSR count). The van der Waals surface area contributed by atoms with E-state index in [4.69, 9.17) is 14.2 Å². The van der Waals surface area contributed by atoms with Crippen LogP contribution in [0.2, 0.25) is 0 Å². The van der Waals surface area contributed by atoms with Crippen LogP contribution in [0.3, 0.4) is 0 Å². The Balaban J connectivity index is 2.00. The second kappa shape index (κ2) is 8.55. The Morgan fingerprint density at radius 1 is 1.28 bits per heavy atom. The van der Waals surface area contributed by atoms with E-state index in [1.807, 2.05) is 6.92 Å². The third kappa shape index (κ3) is 4.26. The highest BCUT2D eigenvalue weighted by atomic mass is 16.6. The van der Waals surface area contributed by atoms with Crippen LogP contribution in [-0.2, 0) is 9.53 Å². The minimum Gasteiger partial charge on any atom is -0.493 e. The third-order valence-electron chi connectivity index (χ3n) is 4.25. The van der Waals surface area contributed by atoms with E-state index in [1.165, 1.54) is 13.2 Å². The Morgan fingerprint density at radius 2 is 2.07 bits per heavy atom. The second-order valence-electron chi connectivity index (χ2n) is 6.32. The number of cyclic esters (lactones) is 1. The van der Waals surface area contributed by atoms with E-state index in [9.17, 15) is 14.9 Å². The molecule has 150 valence electrons. The Morgan fingerprint density at radius 3 is 2.76 bits per heavy atom. The summed E-state index contributed by atoms with van der Waals surface area (Å²) >= 11 is 0. The van der Waals surface area contributed by atoms with Gasteiger partial charge in [0, 0.05) is 22.8 Å². The van der Waals surface area contributed by atoms with Gasteiger partial charge in [-0.25, -0.2) is 9.79 Å². The van der Waals surface area contributed by atoms with Gasteiger partial charge in [-0.3, -0.25) is 10.1 Å². The number of carbonyl (C=O) groups is 1. The molecular formula is C21H20N2O6. The minimum atomic E-state index is -0.646. The number of nitrogens with zero attached hydrogens (tertiary/aromatic N) is 2. The van der Waals surface area contributed by atoms with E-state index in [1.54, 1.807) is 43.3 Å². The number of aliphatic imine (C=N–C) groups is 1. The lowest BCUT2D eigenvalue weighted by atomic mass is 10.1. The van der Waals surface area contributed by atoms with Gasteiger partial charge in [0.2, 0.25) is 5.90 Å². The lowest BCUT2D eigenvalue weighted by molar-refractivity contribution is -0.385. The van der Waals surface area contributed by atoms with Gasteiger partial charge in [-0.1, -0.05) is 25.1 Å². The van der Waals surface area contributed by atoms with Crippen LogP contribution < -0.4 is 9.47 Å². The summed E-state index contributed by atoms with van der Waals surface area (Å²) in [6.07, 6.45) is 2.36.